The Hall–Kier alpha value is -5.29. The van der Waals surface area contributed by atoms with Crippen molar-refractivity contribution in [1.82, 2.24) is 20.5 Å². The molecule has 3 heterocycles. The number of aromatic hydroxyl groups is 1. The first kappa shape index (κ1) is 26.9. The lowest BCUT2D eigenvalue weighted by molar-refractivity contribution is -0.384. The van der Waals surface area contributed by atoms with Gasteiger partial charge in [0.25, 0.3) is 11.6 Å². The Morgan fingerprint density at radius 3 is 2.40 bits per heavy atom. The second-order valence-electron chi connectivity index (χ2n) is 10.3. The maximum atomic E-state index is 11.9. The number of aromatic amines is 1. The fourth-order valence-corrected chi connectivity index (χ4v) is 5.33. The summed E-state index contributed by atoms with van der Waals surface area (Å²) in [5, 5.41) is 27.6. The van der Waals surface area contributed by atoms with E-state index in [0.29, 0.717) is 33.4 Å². The molecule has 0 saturated carbocycles. The second kappa shape index (κ2) is 11.3. The Morgan fingerprint density at radius 2 is 1.74 bits per heavy atom. The third-order valence-electron chi connectivity index (χ3n) is 7.52. The third kappa shape index (κ3) is 5.63. The SMILES string of the molecule is O=C1NC(=O)/C(=C/c2ccc(N=C(c3ccc(CCN4CCCC4)cc3)c3c(O)[nH]c4ccc([N+](=O)[O-])cc34)cc2)N1. The van der Waals surface area contributed by atoms with E-state index in [1.54, 1.807) is 36.4 Å². The summed E-state index contributed by atoms with van der Waals surface area (Å²) in [6.45, 7) is 3.28. The normalized spacial score (nSPS) is 16.8. The van der Waals surface area contributed by atoms with Crippen LogP contribution in [0.5, 0.6) is 5.88 Å². The van der Waals surface area contributed by atoms with E-state index < -0.39 is 16.9 Å². The highest BCUT2D eigenvalue weighted by molar-refractivity contribution is 6.22. The number of nitro benzene ring substituents is 1. The maximum Gasteiger partial charge on any atom is 0.326 e. The van der Waals surface area contributed by atoms with Gasteiger partial charge in [0.15, 0.2) is 5.88 Å². The van der Waals surface area contributed by atoms with Crippen molar-refractivity contribution in [3.05, 3.63) is 105 Å². The lowest BCUT2D eigenvalue weighted by Gasteiger charge is -2.14. The molecule has 4 aromatic rings. The summed E-state index contributed by atoms with van der Waals surface area (Å²) in [7, 11) is 0. The largest absolute Gasteiger partial charge is 0.494 e. The van der Waals surface area contributed by atoms with Gasteiger partial charge in [0.1, 0.15) is 5.70 Å². The van der Waals surface area contributed by atoms with Gasteiger partial charge in [-0.05, 0) is 67.8 Å². The number of imide groups is 1. The van der Waals surface area contributed by atoms with Crippen LogP contribution in [0, 0.1) is 10.1 Å². The molecule has 6 rings (SSSR count). The minimum Gasteiger partial charge on any atom is -0.494 e. The zero-order chi connectivity index (χ0) is 29.2. The van der Waals surface area contributed by atoms with Crippen LogP contribution in [0.4, 0.5) is 16.2 Å². The average Bonchev–Trinajstić information content (AvgIpc) is 3.70. The molecule has 3 amide bonds. The van der Waals surface area contributed by atoms with Gasteiger partial charge < -0.3 is 20.3 Å². The van der Waals surface area contributed by atoms with Crippen molar-refractivity contribution in [1.29, 1.82) is 0 Å². The van der Waals surface area contributed by atoms with Gasteiger partial charge in [-0.3, -0.25) is 20.2 Å². The number of carbonyl (C=O) groups is 2. The van der Waals surface area contributed by atoms with Crippen LogP contribution in [0.2, 0.25) is 0 Å². The number of nitrogens with zero attached hydrogens (tertiary/aromatic N) is 3. The molecule has 2 saturated heterocycles. The number of aromatic nitrogens is 1. The molecule has 2 aliphatic heterocycles. The number of nitro groups is 1. The number of likely N-dealkylation sites (tertiary alicyclic amines) is 1. The van der Waals surface area contributed by atoms with Crippen LogP contribution in [0.3, 0.4) is 0 Å². The predicted molar refractivity (Wildman–Crippen MR) is 159 cm³/mol. The summed E-state index contributed by atoms with van der Waals surface area (Å²) in [5.74, 6) is -0.649. The predicted octanol–water partition coefficient (Wildman–Crippen LogP) is 4.77. The zero-order valence-electron chi connectivity index (χ0n) is 22.6. The fraction of sp³-hybridized carbons (Fsp3) is 0.194. The van der Waals surface area contributed by atoms with Crippen molar-refractivity contribution in [3.8, 4) is 5.88 Å². The standard InChI is InChI=1S/C31H28N6O5/c38-29-26(34-31(40)35-29)17-20-5-9-22(10-6-20)32-28(21-7-3-19(4-8-21)13-16-36-14-1-2-15-36)27-24-18-23(37(41)42)11-12-25(24)33-30(27)39/h3-12,17-18,33,39H,1-2,13-16H2,(H2,34,35,38,40)/b26-17-,32-28?. The van der Waals surface area contributed by atoms with E-state index in [1.165, 1.54) is 30.5 Å². The van der Waals surface area contributed by atoms with Crippen molar-refractivity contribution in [3.63, 3.8) is 0 Å². The zero-order valence-corrected chi connectivity index (χ0v) is 22.6. The highest BCUT2D eigenvalue weighted by Gasteiger charge is 2.23. The first-order chi connectivity index (χ1) is 20.3. The summed E-state index contributed by atoms with van der Waals surface area (Å²) in [5.41, 5.74) is 4.55. The van der Waals surface area contributed by atoms with Gasteiger partial charge in [0, 0.05) is 35.1 Å². The van der Waals surface area contributed by atoms with Gasteiger partial charge in [-0.15, -0.1) is 0 Å². The molecule has 1 aromatic heterocycles. The number of hydrogen-bond acceptors (Lipinski definition) is 7. The number of H-pyrrole nitrogens is 1. The van der Waals surface area contributed by atoms with Crippen LogP contribution in [-0.4, -0.2) is 57.2 Å². The van der Waals surface area contributed by atoms with Crippen LogP contribution < -0.4 is 10.6 Å². The van der Waals surface area contributed by atoms with Gasteiger partial charge in [-0.1, -0.05) is 36.4 Å². The third-order valence-corrected chi connectivity index (χ3v) is 7.52. The number of rotatable bonds is 8. The van der Waals surface area contributed by atoms with Gasteiger partial charge in [0.2, 0.25) is 0 Å². The molecule has 3 aromatic carbocycles. The average molecular weight is 565 g/mol. The fourth-order valence-electron chi connectivity index (χ4n) is 5.33. The number of non-ortho nitro benzene ring substituents is 1. The molecule has 0 atom stereocenters. The maximum absolute atomic E-state index is 11.9. The highest BCUT2D eigenvalue weighted by atomic mass is 16.6. The molecule has 11 heteroatoms. The molecular weight excluding hydrogens is 536 g/mol. The molecular formula is C31H28N6O5. The van der Waals surface area contributed by atoms with Crippen molar-refractivity contribution >= 4 is 46.0 Å². The Bertz CT molecular complexity index is 1750. The van der Waals surface area contributed by atoms with Gasteiger partial charge in [-0.25, -0.2) is 9.79 Å². The van der Waals surface area contributed by atoms with E-state index in [0.717, 1.165) is 31.6 Å². The van der Waals surface area contributed by atoms with Crippen molar-refractivity contribution in [2.75, 3.05) is 19.6 Å². The van der Waals surface area contributed by atoms with Crippen LogP contribution in [0.15, 0.2) is 77.4 Å². The summed E-state index contributed by atoms with van der Waals surface area (Å²) in [4.78, 5) is 44.6. The lowest BCUT2D eigenvalue weighted by atomic mass is 9.98. The van der Waals surface area contributed by atoms with Crippen LogP contribution >= 0.6 is 0 Å². The number of aliphatic imine (C=N–C) groups is 1. The van der Waals surface area contributed by atoms with E-state index >= 15 is 0 Å². The summed E-state index contributed by atoms with van der Waals surface area (Å²) >= 11 is 0. The van der Waals surface area contributed by atoms with E-state index in [1.807, 2.05) is 24.3 Å². The Balaban J connectivity index is 1.38. The molecule has 0 radical (unpaired) electrons. The Morgan fingerprint density at radius 1 is 1.00 bits per heavy atom. The topological polar surface area (TPSA) is 153 Å². The highest BCUT2D eigenvalue weighted by Crippen LogP contribution is 2.34. The molecule has 2 fully saturated rings. The molecule has 0 unspecified atom stereocenters. The Labute approximate surface area is 240 Å². The van der Waals surface area contributed by atoms with Crippen molar-refractivity contribution in [2.24, 2.45) is 4.99 Å². The monoisotopic (exact) mass is 564 g/mol. The molecule has 0 aliphatic carbocycles. The van der Waals surface area contributed by atoms with Crippen LogP contribution in [-0.2, 0) is 11.2 Å². The molecule has 0 bridgehead atoms. The molecule has 212 valence electrons. The van der Waals surface area contributed by atoms with Gasteiger partial charge >= 0.3 is 6.03 Å². The summed E-state index contributed by atoms with van der Waals surface area (Å²) in [6, 6.07) is 18.8. The quantitative estimate of drug-likeness (QED) is 0.0795. The van der Waals surface area contributed by atoms with Crippen molar-refractivity contribution in [2.45, 2.75) is 19.3 Å². The number of carbonyl (C=O) groups excluding carboxylic acids is 2. The minimum atomic E-state index is -0.571. The molecule has 4 N–H and O–H groups in total. The minimum absolute atomic E-state index is 0.0974. The summed E-state index contributed by atoms with van der Waals surface area (Å²) in [6.07, 6.45) is 4.97. The summed E-state index contributed by atoms with van der Waals surface area (Å²) < 4.78 is 0. The molecule has 2 aliphatic rings. The molecule has 0 spiro atoms. The number of nitrogens with one attached hydrogen (secondary N) is 3. The van der Waals surface area contributed by atoms with E-state index in [4.69, 9.17) is 4.99 Å². The van der Waals surface area contributed by atoms with Gasteiger partial charge in [-0.2, -0.15) is 0 Å². The van der Waals surface area contributed by atoms with Crippen molar-refractivity contribution < 1.29 is 19.6 Å². The number of benzene rings is 3. The first-order valence-electron chi connectivity index (χ1n) is 13.7. The first-order valence-corrected chi connectivity index (χ1v) is 13.7. The molecule has 11 nitrogen and oxygen atoms in total. The van der Waals surface area contributed by atoms with E-state index in [9.17, 15) is 24.8 Å². The number of urea groups is 1. The van der Waals surface area contributed by atoms with Gasteiger partial charge in [0.05, 0.1) is 21.9 Å². The number of hydrogen-bond donors (Lipinski definition) is 4. The molecule has 42 heavy (non-hydrogen) atoms. The van der Waals surface area contributed by atoms with Crippen LogP contribution in [0.25, 0.3) is 17.0 Å². The Kier molecular flexibility index (Phi) is 7.24. The van der Waals surface area contributed by atoms with Crippen LogP contribution in [0.1, 0.15) is 35.1 Å². The van der Waals surface area contributed by atoms with E-state index in [-0.39, 0.29) is 17.3 Å². The number of amides is 3. The second-order valence-corrected chi connectivity index (χ2v) is 10.3. The number of fused-ring (bicyclic) bond motifs is 1. The van der Waals surface area contributed by atoms with E-state index in [2.05, 4.69) is 20.5 Å². The smallest absolute Gasteiger partial charge is 0.326 e. The lowest BCUT2D eigenvalue weighted by Crippen LogP contribution is -2.22.